The monoisotopic (exact) mass is 338 g/mol. The number of amides is 2. The predicted molar refractivity (Wildman–Crippen MR) is 80.3 cm³/mol. The van der Waals surface area contributed by atoms with E-state index < -0.39 is 0 Å². The second kappa shape index (κ2) is 5.22. The molecular weight excluding hydrogens is 328 g/mol. The van der Waals surface area contributed by atoms with E-state index >= 15 is 0 Å². The highest BCUT2D eigenvalue weighted by Gasteiger charge is 2.35. The van der Waals surface area contributed by atoms with E-state index in [0.717, 1.165) is 10.0 Å². The van der Waals surface area contributed by atoms with E-state index in [2.05, 4.69) is 15.9 Å². The SMILES string of the molecule is CN1C(=O)C(=Cc2ccccc2Br)C(=O)N(C)C1=S. The molecule has 0 aromatic heterocycles. The number of halogens is 1. The van der Waals surface area contributed by atoms with Gasteiger partial charge in [-0.1, -0.05) is 34.1 Å². The molecule has 1 aliphatic heterocycles. The first kappa shape index (κ1) is 13.9. The van der Waals surface area contributed by atoms with E-state index in [0.29, 0.717) is 0 Å². The van der Waals surface area contributed by atoms with Crippen LogP contribution in [0.3, 0.4) is 0 Å². The van der Waals surface area contributed by atoms with Gasteiger partial charge in [0.05, 0.1) is 0 Å². The van der Waals surface area contributed by atoms with Crippen LogP contribution in [-0.4, -0.2) is 40.8 Å². The fourth-order valence-electron chi connectivity index (χ4n) is 1.72. The Balaban J connectivity index is 2.49. The van der Waals surface area contributed by atoms with Crippen LogP contribution in [0, 0.1) is 0 Å². The lowest BCUT2D eigenvalue weighted by atomic mass is 10.1. The van der Waals surface area contributed by atoms with E-state index in [1.54, 1.807) is 20.2 Å². The average Bonchev–Trinajstić information content (AvgIpc) is 2.41. The minimum absolute atomic E-state index is 0.102. The molecule has 0 bridgehead atoms. The van der Waals surface area contributed by atoms with Crippen LogP contribution < -0.4 is 0 Å². The van der Waals surface area contributed by atoms with Gasteiger partial charge >= 0.3 is 0 Å². The molecule has 6 heteroatoms. The van der Waals surface area contributed by atoms with Gasteiger partial charge in [0.1, 0.15) is 5.57 Å². The van der Waals surface area contributed by atoms with Gasteiger partial charge in [-0.05, 0) is 29.9 Å². The van der Waals surface area contributed by atoms with Crippen molar-refractivity contribution in [2.24, 2.45) is 0 Å². The fraction of sp³-hybridized carbons (Fsp3) is 0.154. The highest BCUT2D eigenvalue weighted by molar-refractivity contribution is 9.10. The molecule has 1 aromatic rings. The van der Waals surface area contributed by atoms with Crippen molar-refractivity contribution < 1.29 is 9.59 Å². The summed E-state index contributed by atoms with van der Waals surface area (Å²) < 4.78 is 0.821. The standard InChI is InChI=1S/C13H11BrN2O2S/c1-15-11(17)9(12(18)16(2)13(15)19)7-8-5-3-4-6-10(8)14/h3-7H,1-2H3. The molecule has 0 N–H and O–H groups in total. The molecule has 19 heavy (non-hydrogen) atoms. The summed E-state index contributed by atoms with van der Waals surface area (Å²) in [4.78, 5) is 26.8. The zero-order valence-electron chi connectivity index (χ0n) is 10.4. The quantitative estimate of drug-likeness (QED) is 0.447. The van der Waals surface area contributed by atoms with Crippen molar-refractivity contribution in [2.75, 3.05) is 14.1 Å². The maximum atomic E-state index is 12.1. The minimum atomic E-state index is -0.385. The van der Waals surface area contributed by atoms with Crippen LogP contribution in [0.15, 0.2) is 34.3 Å². The van der Waals surface area contributed by atoms with E-state index in [-0.39, 0.29) is 22.5 Å². The van der Waals surface area contributed by atoms with Gasteiger partial charge in [0.25, 0.3) is 11.8 Å². The summed E-state index contributed by atoms with van der Waals surface area (Å²) in [7, 11) is 3.11. The molecule has 0 radical (unpaired) electrons. The molecule has 1 fully saturated rings. The second-order valence-electron chi connectivity index (χ2n) is 4.09. The van der Waals surface area contributed by atoms with Crippen molar-refractivity contribution in [2.45, 2.75) is 0 Å². The molecule has 0 unspecified atom stereocenters. The predicted octanol–water partition coefficient (Wildman–Crippen LogP) is 2.05. The summed E-state index contributed by atoms with van der Waals surface area (Å²) in [5, 5.41) is 0.208. The topological polar surface area (TPSA) is 40.6 Å². The van der Waals surface area contributed by atoms with Crippen LogP contribution in [0.4, 0.5) is 0 Å². The maximum Gasteiger partial charge on any atom is 0.265 e. The first-order valence-corrected chi connectivity index (χ1v) is 6.70. The molecule has 0 atom stereocenters. The number of carbonyl (C=O) groups is 2. The summed E-state index contributed by atoms with van der Waals surface area (Å²) in [6.07, 6.45) is 1.57. The summed E-state index contributed by atoms with van der Waals surface area (Å²) in [5.74, 6) is -0.771. The van der Waals surface area contributed by atoms with Crippen LogP contribution in [0.2, 0.25) is 0 Å². The fourth-order valence-corrected chi connectivity index (χ4v) is 2.29. The highest BCUT2D eigenvalue weighted by atomic mass is 79.9. The Kier molecular flexibility index (Phi) is 3.82. The number of likely N-dealkylation sites (N-methyl/N-ethyl adjacent to an activating group) is 2. The van der Waals surface area contributed by atoms with Crippen LogP contribution >= 0.6 is 28.1 Å². The highest BCUT2D eigenvalue weighted by Crippen LogP contribution is 2.22. The summed E-state index contributed by atoms with van der Waals surface area (Å²) in [6.45, 7) is 0. The van der Waals surface area contributed by atoms with E-state index in [9.17, 15) is 9.59 Å². The third-order valence-corrected chi connectivity index (χ3v) is 4.12. The number of benzene rings is 1. The maximum absolute atomic E-state index is 12.1. The van der Waals surface area contributed by atoms with Gasteiger partial charge in [0.15, 0.2) is 5.11 Å². The first-order valence-electron chi connectivity index (χ1n) is 5.49. The van der Waals surface area contributed by atoms with Crippen LogP contribution in [-0.2, 0) is 9.59 Å². The Morgan fingerprint density at radius 1 is 1.11 bits per heavy atom. The number of nitrogens with zero attached hydrogens (tertiary/aromatic N) is 2. The van der Waals surface area contributed by atoms with Crippen LogP contribution in [0.25, 0.3) is 6.08 Å². The molecule has 1 heterocycles. The van der Waals surface area contributed by atoms with Crippen molar-refractivity contribution in [1.82, 2.24) is 9.80 Å². The Hall–Kier alpha value is -1.53. The molecule has 98 valence electrons. The Morgan fingerprint density at radius 2 is 1.63 bits per heavy atom. The first-order chi connectivity index (χ1) is 8.93. The number of hydrogen-bond acceptors (Lipinski definition) is 3. The van der Waals surface area contributed by atoms with Gasteiger partial charge in [-0.15, -0.1) is 0 Å². The molecule has 0 spiro atoms. The minimum Gasteiger partial charge on any atom is -0.288 e. The molecule has 1 aromatic carbocycles. The smallest absolute Gasteiger partial charge is 0.265 e. The van der Waals surface area contributed by atoms with E-state index in [4.69, 9.17) is 12.2 Å². The van der Waals surface area contributed by atoms with Gasteiger partial charge in [0, 0.05) is 18.6 Å². The Morgan fingerprint density at radius 3 is 2.16 bits per heavy atom. The van der Waals surface area contributed by atoms with Crippen molar-refractivity contribution in [3.8, 4) is 0 Å². The molecule has 0 saturated carbocycles. The third kappa shape index (κ3) is 2.46. The number of hydrogen-bond donors (Lipinski definition) is 0. The number of carbonyl (C=O) groups excluding carboxylic acids is 2. The summed E-state index contributed by atoms with van der Waals surface area (Å²) >= 11 is 8.41. The largest absolute Gasteiger partial charge is 0.288 e. The molecule has 1 saturated heterocycles. The van der Waals surface area contributed by atoms with Gasteiger partial charge in [-0.25, -0.2) is 0 Å². The molecule has 2 rings (SSSR count). The van der Waals surface area contributed by atoms with Gasteiger partial charge in [0.2, 0.25) is 0 Å². The number of thiocarbonyl (C=S) groups is 1. The Labute approximate surface area is 124 Å². The van der Waals surface area contributed by atoms with E-state index in [1.807, 2.05) is 24.3 Å². The van der Waals surface area contributed by atoms with Crippen molar-refractivity contribution >= 4 is 51.2 Å². The lowest BCUT2D eigenvalue weighted by Crippen LogP contribution is -2.52. The van der Waals surface area contributed by atoms with Crippen molar-refractivity contribution in [1.29, 1.82) is 0 Å². The van der Waals surface area contributed by atoms with Gasteiger partial charge in [-0.3, -0.25) is 19.4 Å². The summed E-state index contributed by atoms with van der Waals surface area (Å²) in [5.41, 5.74) is 0.874. The van der Waals surface area contributed by atoms with Crippen molar-refractivity contribution in [3.63, 3.8) is 0 Å². The molecule has 1 aliphatic rings. The number of rotatable bonds is 1. The van der Waals surface area contributed by atoms with Crippen LogP contribution in [0.1, 0.15) is 5.56 Å². The zero-order chi connectivity index (χ0) is 14.2. The second-order valence-corrected chi connectivity index (χ2v) is 5.31. The van der Waals surface area contributed by atoms with Crippen LogP contribution in [0.5, 0.6) is 0 Å². The Bertz CT molecular complexity index is 586. The molecular formula is C13H11BrN2O2S. The lowest BCUT2D eigenvalue weighted by Gasteiger charge is -2.31. The summed E-state index contributed by atoms with van der Waals surface area (Å²) in [6, 6.07) is 7.38. The van der Waals surface area contributed by atoms with Crippen molar-refractivity contribution in [3.05, 3.63) is 39.9 Å². The normalized spacial score (nSPS) is 16.2. The third-order valence-electron chi connectivity index (χ3n) is 2.85. The molecule has 4 nitrogen and oxygen atoms in total. The van der Waals surface area contributed by atoms with E-state index in [1.165, 1.54) is 9.80 Å². The zero-order valence-corrected chi connectivity index (χ0v) is 12.8. The molecule has 2 amide bonds. The molecule has 0 aliphatic carbocycles. The lowest BCUT2D eigenvalue weighted by molar-refractivity contribution is -0.132. The average molecular weight is 339 g/mol. The van der Waals surface area contributed by atoms with Gasteiger partial charge < -0.3 is 0 Å². The van der Waals surface area contributed by atoms with Gasteiger partial charge in [-0.2, -0.15) is 0 Å².